The van der Waals surface area contributed by atoms with E-state index in [0.29, 0.717) is 0 Å². The second-order valence-electron chi connectivity index (χ2n) is 13.0. The van der Waals surface area contributed by atoms with Crippen LogP contribution >= 0.6 is 0 Å². The van der Waals surface area contributed by atoms with E-state index in [1.54, 1.807) is 0 Å². The second kappa shape index (κ2) is 11.5. The van der Waals surface area contributed by atoms with Gasteiger partial charge in [-0.3, -0.25) is 9.97 Å². The largest absolute Gasteiger partial charge is 0.251 e. The number of benzene rings is 6. The quantitative estimate of drug-likeness (QED) is 0.194. The molecule has 1 aliphatic rings. The van der Waals surface area contributed by atoms with Crippen molar-refractivity contribution < 1.29 is 0 Å². The van der Waals surface area contributed by atoms with Crippen LogP contribution in [0.4, 0.5) is 0 Å². The van der Waals surface area contributed by atoms with Crippen LogP contribution in [0.15, 0.2) is 158 Å². The summed E-state index contributed by atoms with van der Waals surface area (Å²) in [4.78, 5) is 11.2. The third-order valence-electron chi connectivity index (χ3n) is 10.4. The highest BCUT2D eigenvalue weighted by Gasteiger charge is 2.44. The van der Waals surface area contributed by atoms with Gasteiger partial charge < -0.3 is 0 Å². The lowest BCUT2D eigenvalue weighted by Gasteiger charge is -2.36. The Kier molecular flexibility index (Phi) is 6.84. The summed E-state index contributed by atoms with van der Waals surface area (Å²) in [6.45, 7) is 4.41. The van der Waals surface area contributed by atoms with E-state index in [1.807, 2.05) is 0 Å². The number of aryl methyl sites for hydroxylation is 2. The molecule has 0 spiro atoms. The van der Waals surface area contributed by atoms with Crippen LogP contribution in [-0.2, 0) is 5.41 Å². The van der Waals surface area contributed by atoms with Crippen LogP contribution in [0.2, 0.25) is 0 Å². The molecule has 0 N–H and O–H groups in total. The minimum atomic E-state index is -0.793. The standard InChI is InChI=1S/C47H34N2/c1-31-37-17-7-3-13-33(37)27-29-39(31)43-21-11-23-45(48-43)47(41-19-9-5-15-35(41)25-26-36-16-6-10-20-42(36)47)46-24-12-22-44(49-46)40-30-28-34-14-4-8-18-38(34)32(40)2/h3-30H,1-2H3. The zero-order valence-electron chi connectivity index (χ0n) is 27.6. The zero-order chi connectivity index (χ0) is 33.0. The fourth-order valence-corrected chi connectivity index (χ4v) is 7.97. The first-order valence-electron chi connectivity index (χ1n) is 16.9. The van der Waals surface area contributed by atoms with Gasteiger partial charge in [-0.05, 0) is 93.0 Å². The number of aromatic nitrogens is 2. The van der Waals surface area contributed by atoms with E-state index < -0.39 is 5.41 Å². The average molecular weight is 627 g/mol. The van der Waals surface area contributed by atoms with Crippen LogP contribution in [0.1, 0.15) is 44.8 Å². The van der Waals surface area contributed by atoms with Gasteiger partial charge in [0.15, 0.2) is 0 Å². The summed E-state index contributed by atoms with van der Waals surface area (Å²) in [5, 5.41) is 4.96. The molecular formula is C47H34N2. The lowest BCUT2D eigenvalue weighted by molar-refractivity contribution is 0.688. The molecule has 2 nitrogen and oxygen atoms in total. The lowest BCUT2D eigenvalue weighted by atomic mass is 9.67. The van der Waals surface area contributed by atoms with Crippen LogP contribution in [0.3, 0.4) is 0 Å². The molecule has 9 rings (SSSR count). The van der Waals surface area contributed by atoms with Crippen molar-refractivity contribution in [3.05, 3.63) is 202 Å². The summed E-state index contributed by atoms with van der Waals surface area (Å²) in [6.07, 6.45) is 4.48. The van der Waals surface area contributed by atoms with E-state index in [4.69, 9.17) is 9.97 Å². The highest BCUT2D eigenvalue weighted by molar-refractivity contribution is 5.92. The Hall–Kier alpha value is -6.12. The van der Waals surface area contributed by atoms with Gasteiger partial charge in [-0.1, -0.05) is 146 Å². The molecule has 8 aromatic rings. The lowest BCUT2D eigenvalue weighted by Crippen LogP contribution is -2.34. The first kappa shape index (κ1) is 29.1. The SMILES string of the molecule is Cc1c(-c2cccc(C3(c4cccc(-c5ccc6ccccc6c5C)n4)c4ccccc4C=Cc4ccccc43)n2)ccc2ccccc12. The Morgan fingerprint density at radius 3 is 1.31 bits per heavy atom. The Morgan fingerprint density at radius 2 is 0.816 bits per heavy atom. The van der Waals surface area contributed by atoms with Gasteiger partial charge in [0.05, 0.1) is 22.8 Å². The Labute approximate surface area is 287 Å². The molecule has 6 aromatic carbocycles. The van der Waals surface area contributed by atoms with E-state index >= 15 is 0 Å². The molecule has 2 heteroatoms. The molecule has 0 unspecified atom stereocenters. The van der Waals surface area contributed by atoms with Gasteiger partial charge in [0.25, 0.3) is 0 Å². The highest BCUT2D eigenvalue weighted by Crippen LogP contribution is 2.49. The number of rotatable bonds is 4. The molecule has 0 amide bonds. The monoisotopic (exact) mass is 626 g/mol. The Morgan fingerprint density at radius 1 is 0.388 bits per heavy atom. The molecule has 0 saturated heterocycles. The highest BCUT2D eigenvalue weighted by atomic mass is 14.8. The number of hydrogen-bond donors (Lipinski definition) is 0. The molecule has 2 heterocycles. The second-order valence-corrected chi connectivity index (χ2v) is 13.0. The molecule has 0 saturated carbocycles. The van der Waals surface area contributed by atoms with E-state index in [2.05, 4.69) is 184 Å². The molecule has 0 aliphatic heterocycles. The summed E-state index contributed by atoms with van der Waals surface area (Å²) in [5.41, 5.74) is 12.4. The first-order chi connectivity index (χ1) is 24.1. The maximum absolute atomic E-state index is 5.62. The third-order valence-corrected chi connectivity index (χ3v) is 10.4. The smallest absolute Gasteiger partial charge is 0.106 e. The van der Waals surface area contributed by atoms with E-state index in [9.17, 15) is 0 Å². The topological polar surface area (TPSA) is 25.8 Å². The van der Waals surface area contributed by atoms with E-state index in [1.165, 1.54) is 32.7 Å². The van der Waals surface area contributed by atoms with Crippen molar-refractivity contribution in [1.29, 1.82) is 0 Å². The van der Waals surface area contributed by atoms with Crippen molar-refractivity contribution in [2.24, 2.45) is 0 Å². The Bertz CT molecular complexity index is 2410. The van der Waals surface area contributed by atoms with Gasteiger partial charge in [0, 0.05) is 11.1 Å². The number of fused-ring (bicyclic) bond motifs is 4. The summed E-state index contributed by atoms with van der Waals surface area (Å²) >= 11 is 0. The van der Waals surface area contributed by atoms with Gasteiger partial charge >= 0.3 is 0 Å². The minimum Gasteiger partial charge on any atom is -0.251 e. The molecule has 0 atom stereocenters. The molecule has 0 bridgehead atoms. The molecule has 0 fully saturated rings. The number of nitrogens with zero attached hydrogens (tertiary/aromatic N) is 2. The average Bonchev–Trinajstić information content (AvgIpc) is 3.31. The first-order valence-corrected chi connectivity index (χ1v) is 16.9. The third kappa shape index (κ3) is 4.56. The van der Waals surface area contributed by atoms with Crippen LogP contribution in [-0.4, -0.2) is 9.97 Å². The minimum absolute atomic E-state index is 0.793. The van der Waals surface area contributed by atoms with E-state index in [0.717, 1.165) is 56.2 Å². The van der Waals surface area contributed by atoms with Crippen LogP contribution < -0.4 is 0 Å². The zero-order valence-corrected chi connectivity index (χ0v) is 27.6. The summed E-state index contributed by atoms with van der Waals surface area (Å²) in [5.74, 6) is 0. The van der Waals surface area contributed by atoms with Crippen molar-refractivity contribution in [2.45, 2.75) is 19.3 Å². The van der Waals surface area contributed by atoms with Crippen molar-refractivity contribution >= 4 is 33.7 Å². The molecule has 2 aromatic heterocycles. The van der Waals surface area contributed by atoms with Crippen molar-refractivity contribution in [3.8, 4) is 22.5 Å². The van der Waals surface area contributed by atoms with Gasteiger partial charge in [0.1, 0.15) is 5.41 Å². The van der Waals surface area contributed by atoms with Gasteiger partial charge in [0.2, 0.25) is 0 Å². The maximum atomic E-state index is 5.62. The van der Waals surface area contributed by atoms with Crippen molar-refractivity contribution in [2.75, 3.05) is 0 Å². The van der Waals surface area contributed by atoms with Gasteiger partial charge in [-0.25, -0.2) is 0 Å². The van der Waals surface area contributed by atoms with E-state index in [-0.39, 0.29) is 0 Å². The predicted octanol–water partition coefficient (Wildman–Crippen LogP) is 11.6. The van der Waals surface area contributed by atoms with Crippen molar-refractivity contribution in [1.82, 2.24) is 9.97 Å². The predicted molar refractivity (Wildman–Crippen MR) is 205 cm³/mol. The molecule has 49 heavy (non-hydrogen) atoms. The van der Waals surface area contributed by atoms with Crippen LogP contribution in [0.25, 0.3) is 56.2 Å². The van der Waals surface area contributed by atoms with Crippen LogP contribution in [0.5, 0.6) is 0 Å². The van der Waals surface area contributed by atoms with Gasteiger partial charge in [-0.15, -0.1) is 0 Å². The fraction of sp³-hybridized carbons (Fsp3) is 0.0638. The summed E-state index contributed by atoms with van der Waals surface area (Å²) in [6, 6.07) is 56.5. The molecule has 232 valence electrons. The summed E-state index contributed by atoms with van der Waals surface area (Å²) < 4.78 is 0. The molecule has 1 aliphatic carbocycles. The fourth-order valence-electron chi connectivity index (χ4n) is 7.97. The van der Waals surface area contributed by atoms with Gasteiger partial charge in [-0.2, -0.15) is 0 Å². The van der Waals surface area contributed by atoms with Crippen LogP contribution in [0, 0.1) is 13.8 Å². The normalized spacial score (nSPS) is 13.2. The Balaban J connectivity index is 1.35. The number of hydrogen-bond acceptors (Lipinski definition) is 2. The summed E-state index contributed by atoms with van der Waals surface area (Å²) in [7, 11) is 0. The maximum Gasteiger partial charge on any atom is 0.106 e. The number of pyridine rings is 2. The molecule has 0 radical (unpaired) electrons. The molecular weight excluding hydrogens is 593 g/mol. The van der Waals surface area contributed by atoms with Crippen molar-refractivity contribution in [3.63, 3.8) is 0 Å².